The van der Waals surface area contributed by atoms with Crippen molar-refractivity contribution in [3.05, 3.63) is 86.3 Å². The molecule has 5 nitrogen and oxygen atoms in total. The maximum Gasteiger partial charge on any atom is 0.254 e. The van der Waals surface area contributed by atoms with Crippen molar-refractivity contribution >= 4 is 17.5 Å². The molecule has 0 fully saturated rings. The highest BCUT2D eigenvalue weighted by Crippen LogP contribution is 2.23. The van der Waals surface area contributed by atoms with Crippen LogP contribution in [0.3, 0.4) is 0 Å². The first-order valence-corrected chi connectivity index (χ1v) is 9.39. The Balaban J connectivity index is 1.59. The maximum atomic E-state index is 14.0. The lowest BCUT2D eigenvalue weighted by atomic mass is 10.0. The highest BCUT2D eigenvalue weighted by atomic mass is 35.5. The SMILES string of the molecule is O=C(Cc1c(F)cccc1Cl)N1CCc2c(nc(-c3ccc(F)cc3)[nH]c2=O)C1. The fraction of sp³-hybridized carbons (Fsp3) is 0.190. The number of carbonyl (C=O) groups excluding carboxylic acids is 1. The van der Waals surface area contributed by atoms with Crippen LogP contribution in [0, 0.1) is 11.6 Å². The number of nitrogens with one attached hydrogen (secondary N) is 1. The van der Waals surface area contributed by atoms with Crippen molar-refractivity contribution in [1.82, 2.24) is 14.9 Å². The predicted molar refractivity (Wildman–Crippen MR) is 104 cm³/mol. The molecular formula is C21H16ClF2N3O2. The van der Waals surface area contributed by atoms with Crippen molar-refractivity contribution in [2.24, 2.45) is 0 Å². The van der Waals surface area contributed by atoms with Crippen LogP contribution < -0.4 is 5.56 Å². The minimum atomic E-state index is -0.531. The number of benzene rings is 2. The Labute approximate surface area is 170 Å². The summed E-state index contributed by atoms with van der Waals surface area (Å²) in [5.41, 5.74) is 1.43. The third-order valence-corrected chi connectivity index (χ3v) is 5.29. The van der Waals surface area contributed by atoms with Gasteiger partial charge in [0.1, 0.15) is 17.5 Å². The minimum Gasteiger partial charge on any atom is -0.336 e. The Morgan fingerprint density at radius 2 is 1.93 bits per heavy atom. The number of carbonyl (C=O) groups is 1. The van der Waals surface area contributed by atoms with E-state index in [0.717, 1.165) is 0 Å². The summed E-state index contributed by atoms with van der Waals surface area (Å²) in [4.78, 5) is 33.9. The molecule has 1 N–H and O–H groups in total. The third kappa shape index (κ3) is 3.91. The molecule has 4 rings (SSSR count). The predicted octanol–water partition coefficient (Wildman–Crippen LogP) is 3.50. The van der Waals surface area contributed by atoms with Crippen molar-refractivity contribution in [2.45, 2.75) is 19.4 Å². The number of hydrogen-bond donors (Lipinski definition) is 1. The van der Waals surface area contributed by atoms with Crippen LogP contribution in [-0.2, 0) is 24.2 Å². The number of halogens is 3. The molecule has 1 amide bonds. The zero-order chi connectivity index (χ0) is 20.5. The summed E-state index contributed by atoms with van der Waals surface area (Å²) in [5.74, 6) is -0.915. The molecular weight excluding hydrogens is 400 g/mol. The van der Waals surface area contributed by atoms with E-state index in [0.29, 0.717) is 35.6 Å². The van der Waals surface area contributed by atoms with Gasteiger partial charge in [0.2, 0.25) is 5.91 Å². The van der Waals surface area contributed by atoms with Gasteiger partial charge in [0.15, 0.2) is 0 Å². The molecule has 0 atom stereocenters. The summed E-state index contributed by atoms with van der Waals surface area (Å²) in [7, 11) is 0. The monoisotopic (exact) mass is 415 g/mol. The number of nitrogens with zero attached hydrogens (tertiary/aromatic N) is 2. The van der Waals surface area contributed by atoms with E-state index in [1.807, 2.05) is 0 Å². The van der Waals surface area contributed by atoms with Gasteiger partial charge in [-0.25, -0.2) is 13.8 Å². The first-order valence-electron chi connectivity index (χ1n) is 9.01. The van der Waals surface area contributed by atoms with Crippen LogP contribution >= 0.6 is 11.6 Å². The molecule has 148 valence electrons. The third-order valence-electron chi connectivity index (χ3n) is 4.93. The summed E-state index contributed by atoms with van der Waals surface area (Å²) >= 11 is 6.02. The molecule has 1 aliphatic rings. The van der Waals surface area contributed by atoms with E-state index in [1.165, 1.54) is 47.4 Å². The fourth-order valence-corrected chi connectivity index (χ4v) is 3.59. The molecule has 1 aliphatic heterocycles. The molecule has 29 heavy (non-hydrogen) atoms. The zero-order valence-corrected chi connectivity index (χ0v) is 16.0. The molecule has 3 aromatic rings. The Morgan fingerprint density at radius 3 is 2.66 bits per heavy atom. The van der Waals surface area contributed by atoms with Crippen molar-refractivity contribution < 1.29 is 13.6 Å². The zero-order valence-electron chi connectivity index (χ0n) is 15.2. The molecule has 2 heterocycles. The van der Waals surface area contributed by atoms with Gasteiger partial charge in [-0.2, -0.15) is 0 Å². The second-order valence-corrected chi connectivity index (χ2v) is 7.20. The van der Waals surface area contributed by atoms with E-state index in [1.54, 1.807) is 0 Å². The van der Waals surface area contributed by atoms with E-state index >= 15 is 0 Å². The van der Waals surface area contributed by atoms with Crippen LogP contribution in [0.1, 0.15) is 16.8 Å². The standard InChI is InChI=1S/C21H16ClF2N3O2/c22-16-2-1-3-17(24)15(16)10-19(28)27-9-8-14-18(11-27)25-20(26-21(14)29)12-4-6-13(23)7-5-12/h1-7H,8-11H2,(H,25,26,29). The number of fused-ring (bicyclic) bond motifs is 1. The van der Waals surface area contributed by atoms with E-state index < -0.39 is 11.6 Å². The van der Waals surface area contributed by atoms with Gasteiger partial charge in [0.25, 0.3) is 5.56 Å². The lowest BCUT2D eigenvalue weighted by molar-refractivity contribution is -0.131. The normalized spacial score (nSPS) is 13.3. The summed E-state index contributed by atoms with van der Waals surface area (Å²) in [6, 6.07) is 9.88. The highest BCUT2D eigenvalue weighted by Gasteiger charge is 2.25. The molecule has 0 saturated carbocycles. The topological polar surface area (TPSA) is 66.1 Å². The molecule has 1 aromatic heterocycles. The molecule has 0 bridgehead atoms. The molecule has 0 saturated heterocycles. The minimum absolute atomic E-state index is 0.137. The average molecular weight is 416 g/mol. The Kier molecular flexibility index (Phi) is 5.15. The van der Waals surface area contributed by atoms with E-state index in [-0.39, 0.29) is 35.0 Å². The summed E-state index contributed by atoms with van der Waals surface area (Å²) in [6.45, 7) is 0.469. The molecule has 8 heteroatoms. The lowest BCUT2D eigenvalue weighted by Gasteiger charge is -2.28. The van der Waals surface area contributed by atoms with Crippen LogP contribution in [0.25, 0.3) is 11.4 Å². The van der Waals surface area contributed by atoms with Gasteiger partial charge >= 0.3 is 0 Å². The molecule has 2 aromatic carbocycles. The number of aromatic amines is 1. The largest absolute Gasteiger partial charge is 0.336 e. The second kappa shape index (κ2) is 7.75. The highest BCUT2D eigenvalue weighted by molar-refractivity contribution is 6.31. The van der Waals surface area contributed by atoms with Gasteiger partial charge < -0.3 is 9.88 Å². The number of amides is 1. The maximum absolute atomic E-state index is 14.0. The van der Waals surface area contributed by atoms with Crippen molar-refractivity contribution in [1.29, 1.82) is 0 Å². The van der Waals surface area contributed by atoms with Crippen molar-refractivity contribution in [3.8, 4) is 11.4 Å². The van der Waals surface area contributed by atoms with Gasteiger partial charge in [-0.15, -0.1) is 0 Å². The smallest absolute Gasteiger partial charge is 0.254 e. The van der Waals surface area contributed by atoms with Crippen molar-refractivity contribution in [2.75, 3.05) is 6.54 Å². The Bertz CT molecular complexity index is 1130. The van der Waals surface area contributed by atoms with Crippen LogP contribution in [0.4, 0.5) is 8.78 Å². The molecule has 0 unspecified atom stereocenters. The Hall–Kier alpha value is -3.06. The van der Waals surface area contributed by atoms with E-state index in [4.69, 9.17) is 11.6 Å². The van der Waals surface area contributed by atoms with E-state index in [9.17, 15) is 18.4 Å². The van der Waals surface area contributed by atoms with Gasteiger partial charge in [-0.3, -0.25) is 9.59 Å². The van der Waals surface area contributed by atoms with Crippen LogP contribution in [0.15, 0.2) is 47.3 Å². The summed E-state index contributed by atoms with van der Waals surface area (Å²) in [6.07, 6.45) is 0.174. The lowest BCUT2D eigenvalue weighted by Crippen LogP contribution is -2.40. The van der Waals surface area contributed by atoms with Gasteiger partial charge in [-0.1, -0.05) is 17.7 Å². The average Bonchev–Trinajstić information content (AvgIpc) is 2.70. The number of H-pyrrole nitrogens is 1. The second-order valence-electron chi connectivity index (χ2n) is 6.79. The number of aromatic nitrogens is 2. The van der Waals surface area contributed by atoms with Crippen LogP contribution in [0.2, 0.25) is 5.02 Å². The van der Waals surface area contributed by atoms with Crippen LogP contribution in [-0.4, -0.2) is 27.3 Å². The Morgan fingerprint density at radius 1 is 1.17 bits per heavy atom. The molecule has 0 aliphatic carbocycles. The quantitative estimate of drug-likeness (QED) is 0.712. The first kappa shape index (κ1) is 19.3. The fourth-order valence-electron chi connectivity index (χ4n) is 3.36. The summed E-state index contributed by atoms with van der Waals surface area (Å²) < 4.78 is 27.2. The van der Waals surface area contributed by atoms with Gasteiger partial charge in [0, 0.05) is 28.3 Å². The van der Waals surface area contributed by atoms with E-state index in [2.05, 4.69) is 9.97 Å². The van der Waals surface area contributed by atoms with Gasteiger partial charge in [-0.05, 0) is 42.8 Å². The number of rotatable bonds is 3. The molecule has 0 spiro atoms. The first-order chi connectivity index (χ1) is 13.9. The van der Waals surface area contributed by atoms with Gasteiger partial charge in [0.05, 0.1) is 18.7 Å². The number of hydrogen-bond acceptors (Lipinski definition) is 3. The molecule has 0 radical (unpaired) electrons. The van der Waals surface area contributed by atoms with Crippen molar-refractivity contribution in [3.63, 3.8) is 0 Å². The summed E-state index contributed by atoms with van der Waals surface area (Å²) in [5, 5.41) is 0.198. The van der Waals surface area contributed by atoms with Crippen LogP contribution in [0.5, 0.6) is 0 Å².